The first-order valence-electron chi connectivity index (χ1n) is 21.4. The number of allylic oxidation sites excluding steroid dienone is 10. The molecule has 0 saturated heterocycles. The van der Waals surface area contributed by atoms with Crippen molar-refractivity contribution in [3.63, 3.8) is 0 Å². The van der Waals surface area contributed by atoms with E-state index in [0.29, 0.717) is 5.92 Å². The van der Waals surface area contributed by atoms with E-state index in [1.54, 1.807) is 28.8 Å². The third-order valence-electron chi connectivity index (χ3n) is 17.4. The Bertz CT molecular complexity index is 2740. The quantitative estimate of drug-likeness (QED) is 0.169. The minimum atomic E-state index is -3.36. The first kappa shape index (κ1) is 43.9. The summed E-state index contributed by atoms with van der Waals surface area (Å²) < 4.78 is 3.08. The summed E-state index contributed by atoms with van der Waals surface area (Å²) >= 11 is 10.9. The summed E-state index contributed by atoms with van der Waals surface area (Å²) in [6.45, 7) is 21.5. The van der Waals surface area contributed by atoms with Crippen LogP contribution in [0.5, 0.6) is 0 Å². The molecule has 0 N–H and O–H groups in total. The van der Waals surface area contributed by atoms with Crippen LogP contribution in [0.2, 0.25) is 13.2 Å². The molecule has 60 heavy (non-hydrogen) atoms. The SMILES string of the molecule is CC12C(=C3Cc4ccccc4C3=C3C=CCCC31)[C](C)([Zr+2]([C]1=CC=CC1)=[C](c1ccc(Cl)c3ccccc13)c1ccc(Cl)c3ccccc13)C(C)(C)C(C)(C)C2(C)C.[Cl-].[Cl-]. The first-order chi connectivity index (χ1) is 27.7. The van der Waals surface area contributed by atoms with Crippen LogP contribution in [0.15, 0.2) is 147 Å². The van der Waals surface area contributed by atoms with Gasteiger partial charge in [-0.3, -0.25) is 0 Å². The average molecular weight is 948 g/mol. The maximum atomic E-state index is 7.12. The van der Waals surface area contributed by atoms with Crippen molar-refractivity contribution in [3.05, 3.63) is 180 Å². The average Bonchev–Trinajstić information content (AvgIpc) is 3.89. The fourth-order valence-corrected chi connectivity index (χ4v) is 24.9. The largest absolute Gasteiger partial charge is 1.00 e. The summed E-state index contributed by atoms with van der Waals surface area (Å²) in [4.78, 5) is 0. The molecule has 0 aliphatic heterocycles. The molecule has 5 aliphatic rings. The maximum absolute atomic E-state index is 7.12. The van der Waals surface area contributed by atoms with Gasteiger partial charge < -0.3 is 24.8 Å². The van der Waals surface area contributed by atoms with Crippen molar-refractivity contribution in [2.45, 2.75) is 84.2 Å². The zero-order valence-corrected chi connectivity index (χ0v) is 41.5. The van der Waals surface area contributed by atoms with Gasteiger partial charge in [0.25, 0.3) is 0 Å². The topological polar surface area (TPSA) is 0 Å². The van der Waals surface area contributed by atoms with Crippen molar-refractivity contribution in [1.82, 2.24) is 0 Å². The molecule has 1 fully saturated rings. The monoisotopic (exact) mass is 944 g/mol. The van der Waals surface area contributed by atoms with Gasteiger partial charge in [0.05, 0.1) is 0 Å². The van der Waals surface area contributed by atoms with Crippen molar-refractivity contribution >= 4 is 53.5 Å². The smallest absolute Gasteiger partial charge is 1.00 e. The fraction of sp³-hybridized carbons (Fsp3) is 0.327. The zero-order valence-electron chi connectivity index (χ0n) is 36.0. The van der Waals surface area contributed by atoms with Gasteiger partial charge in [0.15, 0.2) is 0 Å². The number of benzene rings is 5. The molecule has 0 nitrogen and oxygen atoms in total. The third kappa shape index (κ3) is 5.61. The molecule has 306 valence electrons. The van der Waals surface area contributed by atoms with Gasteiger partial charge in [-0.25, -0.2) is 0 Å². The second kappa shape index (κ2) is 15.2. The Hall–Kier alpha value is -2.77. The number of fused-ring (bicyclic) bond motifs is 8. The van der Waals surface area contributed by atoms with Gasteiger partial charge in [-0.15, -0.1) is 0 Å². The van der Waals surface area contributed by atoms with Crippen LogP contribution in [-0.2, 0) is 27.7 Å². The van der Waals surface area contributed by atoms with Gasteiger partial charge in [-0.2, -0.15) is 0 Å². The Morgan fingerprint density at radius 2 is 1.20 bits per heavy atom. The molecule has 0 spiro atoms. The molecule has 0 bridgehead atoms. The van der Waals surface area contributed by atoms with E-state index < -0.39 is 21.3 Å². The second-order valence-electron chi connectivity index (χ2n) is 19.6. The van der Waals surface area contributed by atoms with Crippen LogP contribution in [0.4, 0.5) is 0 Å². The summed E-state index contributed by atoms with van der Waals surface area (Å²) in [5, 5.41) is 6.33. The van der Waals surface area contributed by atoms with E-state index in [1.165, 1.54) is 39.4 Å². The summed E-state index contributed by atoms with van der Waals surface area (Å²) in [6.07, 6.45) is 16.7. The first-order valence-corrected chi connectivity index (χ1v) is 25.8. The van der Waals surface area contributed by atoms with Crippen molar-refractivity contribution in [2.24, 2.45) is 27.6 Å². The predicted octanol–water partition coefficient (Wildman–Crippen LogP) is 9.90. The standard InChI is InChI=1S/C29H37.C21H12Cl2.C5H5.2ClH.Zr/c1-18-25-22-17-19-13-9-10-14-20(19)24(22)21-15-11-12-16-23(21)29(25,8)28(6,7)27(4,5)26(18,2)3;22-20-11-9-14(16-5-1-3-7-18(16)20)13-15-10-12-21(23)19-8-4-2-6-17(15)19;1-2-4-5-3-1;;;/h9-11,13-15,23H,12,16-17H2,1-8H3;1-12H;1-3H,4H2;2*1H;/q;;;;;+2/p-2. The van der Waals surface area contributed by atoms with Crippen LogP contribution in [-0.4, -0.2) is 3.21 Å². The van der Waals surface area contributed by atoms with Crippen LogP contribution in [0.25, 0.3) is 27.1 Å². The minimum Gasteiger partial charge on any atom is -1.00 e. The zero-order chi connectivity index (χ0) is 40.6. The molecule has 3 unspecified atom stereocenters. The Labute approximate surface area is 387 Å². The van der Waals surface area contributed by atoms with E-state index in [2.05, 4.69) is 183 Å². The molecule has 5 aromatic rings. The summed E-state index contributed by atoms with van der Waals surface area (Å²) in [6, 6.07) is 36.2. The number of hydrogen-bond acceptors (Lipinski definition) is 0. The van der Waals surface area contributed by atoms with Crippen molar-refractivity contribution in [2.75, 3.05) is 0 Å². The van der Waals surface area contributed by atoms with Crippen LogP contribution in [0.1, 0.15) is 96.9 Å². The van der Waals surface area contributed by atoms with Crippen molar-refractivity contribution in [3.8, 4) is 0 Å². The molecule has 1 saturated carbocycles. The summed E-state index contributed by atoms with van der Waals surface area (Å²) in [5.74, 6) is 0.429. The van der Waals surface area contributed by atoms with E-state index in [4.69, 9.17) is 23.2 Å². The number of hydrogen-bond donors (Lipinski definition) is 0. The molecule has 0 radical (unpaired) electrons. The Kier molecular flexibility index (Phi) is 11.1. The van der Waals surface area contributed by atoms with E-state index in [-0.39, 0.29) is 49.6 Å². The molecular formula is C55H54Cl4Zr. The van der Waals surface area contributed by atoms with E-state index >= 15 is 0 Å². The van der Waals surface area contributed by atoms with Crippen LogP contribution < -0.4 is 24.8 Å². The van der Waals surface area contributed by atoms with Crippen molar-refractivity contribution in [1.29, 1.82) is 0 Å². The van der Waals surface area contributed by atoms with Crippen LogP contribution in [0, 0.1) is 27.6 Å². The Morgan fingerprint density at radius 1 is 0.633 bits per heavy atom. The molecule has 5 aliphatic carbocycles. The van der Waals surface area contributed by atoms with Crippen LogP contribution in [0.3, 0.4) is 0 Å². The molecule has 5 aromatic carbocycles. The normalized spacial score (nSPS) is 25.0. The Balaban J connectivity index is 0.00000249. The fourth-order valence-electron chi connectivity index (χ4n) is 13.1. The number of rotatable bonds is 4. The van der Waals surface area contributed by atoms with Crippen molar-refractivity contribution < 1.29 is 46.1 Å². The van der Waals surface area contributed by atoms with Crippen LogP contribution >= 0.6 is 23.2 Å². The van der Waals surface area contributed by atoms with E-state index in [0.717, 1.165) is 40.1 Å². The summed E-state index contributed by atoms with van der Waals surface area (Å²) in [7, 11) is 0. The van der Waals surface area contributed by atoms with Gasteiger partial charge in [-0.05, 0) is 0 Å². The maximum Gasteiger partial charge on any atom is -1.00 e. The minimum absolute atomic E-state index is 0. The molecule has 0 heterocycles. The Morgan fingerprint density at radius 3 is 1.78 bits per heavy atom. The molecule has 10 rings (SSSR count). The van der Waals surface area contributed by atoms with Gasteiger partial charge in [0, 0.05) is 0 Å². The summed E-state index contributed by atoms with van der Waals surface area (Å²) in [5.41, 5.74) is 11.9. The van der Waals surface area contributed by atoms with Gasteiger partial charge in [0.1, 0.15) is 0 Å². The number of halogens is 4. The molecular weight excluding hydrogens is 894 g/mol. The molecule has 3 atom stereocenters. The van der Waals surface area contributed by atoms with E-state index in [1.807, 2.05) is 0 Å². The molecule has 0 aromatic heterocycles. The predicted molar refractivity (Wildman–Crippen MR) is 247 cm³/mol. The van der Waals surface area contributed by atoms with E-state index in [9.17, 15) is 0 Å². The third-order valence-corrected chi connectivity index (χ3v) is 27.7. The second-order valence-corrected chi connectivity index (χ2v) is 27.5. The van der Waals surface area contributed by atoms with Gasteiger partial charge in [0.2, 0.25) is 0 Å². The molecule has 0 amide bonds. The van der Waals surface area contributed by atoms with Gasteiger partial charge in [-0.1, -0.05) is 0 Å². The van der Waals surface area contributed by atoms with Gasteiger partial charge >= 0.3 is 366 Å². The molecule has 5 heteroatoms.